The lowest BCUT2D eigenvalue weighted by Crippen LogP contribution is -2.25. The maximum Gasteiger partial charge on any atom is 0.251 e. The Labute approximate surface area is 120 Å². The van der Waals surface area contributed by atoms with E-state index in [1.807, 2.05) is 0 Å². The van der Waals surface area contributed by atoms with Gasteiger partial charge < -0.3 is 14.3 Å². The summed E-state index contributed by atoms with van der Waals surface area (Å²) in [5.41, 5.74) is 2.40. The van der Waals surface area contributed by atoms with E-state index in [4.69, 9.17) is 8.94 Å². The molecule has 1 aliphatic carbocycles. The molecule has 4 rings (SSSR count). The third-order valence-corrected chi connectivity index (χ3v) is 3.51. The summed E-state index contributed by atoms with van der Waals surface area (Å²) in [5, 5.41) is 7.75. The number of amides is 1. The molecule has 0 atom stereocenters. The smallest absolute Gasteiger partial charge is 0.251 e. The Hall–Kier alpha value is -2.63. The Morgan fingerprint density at radius 3 is 2.95 bits per heavy atom. The molecule has 1 amide bonds. The van der Waals surface area contributed by atoms with E-state index in [0.717, 1.165) is 18.2 Å². The second kappa shape index (κ2) is 4.44. The van der Waals surface area contributed by atoms with Gasteiger partial charge in [0.15, 0.2) is 11.5 Å². The largest absolute Gasteiger partial charge is 0.449 e. The molecule has 0 radical (unpaired) electrons. The minimum absolute atomic E-state index is 0.0668. The van der Waals surface area contributed by atoms with Crippen molar-refractivity contribution < 1.29 is 13.7 Å². The molecule has 1 fully saturated rings. The van der Waals surface area contributed by atoms with Crippen LogP contribution in [0.4, 0.5) is 0 Å². The lowest BCUT2D eigenvalue weighted by atomic mass is 10.1. The number of nitrogens with one attached hydrogen (secondary N) is 1. The van der Waals surface area contributed by atoms with Crippen molar-refractivity contribution in [2.24, 2.45) is 0 Å². The summed E-state index contributed by atoms with van der Waals surface area (Å²) in [4.78, 5) is 16.4. The molecule has 0 spiro atoms. The van der Waals surface area contributed by atoms with Gasteiger partial charge in [-0.05, 0) is 31.0 Å². The quantitative estimate of drug-likeness (QED) is 0.799. The maximum absolute atomic E-state index is 12.1. The van der Waals surface area contributed by atoms with Crippen LogP contribution in [0.5, 0.6) is 0 Å². The predicted octanol–water partition coefficient (Wildman–Crippen LogP) is 2.68. The number of oxazole rings is 1. The van der Waals surface area contributed by atoms with Crippen LogP contribution < -0.4 is 5.32 Å². The van der Waals surface area contributed by atoms with Gasteiger partial charge in [0.25, 0.3) is 5.91 Å². The van der Waals surface area contributed by atoms with Crippen molar-refractivity contribution in [3.63, 3.8) is 0 Å². The van der Waals surface area contributed by atoms with Crippen molar-refractivity contribution in [2.75, 3.05) is 0 Å². The third kappa shape index (κ3) is 2.18. The second-order valence-electron chi connectivity index (χ2n) is 5.24. The Kier molecular flexibility index (Phi) is 2.57. The van der Waals surface area contributed by atoms with E-state index in [0.29, 0.717) is 34.5 Å². The molecule has 1 aliphatic rings. The number of aryl methyl sites for hydroxylation is 1. The SMILES string of the molecule is Cc1nc(-c2noc3ccc(C(=O)NC4CC4)cc23)co1. The molecule has 106 valence electrons. The normalized spacial score (nSPS) is 14.5. The summed E-state index contributed by atoms with van der Waals surface area (Å²) in [6.07, 6.45) is 3.65. The standard InChI is InChI=1S/C15H13N3O3/c1-8-16-12(7-20-8)14-11-6-9(2-5-13(11)21-18-14)15(19)17-10-3-4-10/h2,5-7,10H,3-4H2,1H3,(H,17,19). The zero-order valence-electron chi connectivity index (χ0n) is 11.4. The number of rotatable bonds is 3. The number of carbonyl (C=O) groups is 1. The average Bonchev–Trinajstić information content (AvgIpc) is 3.03. The van der Waals surface area contributed by atoms with Crippen LogP contribution in [0.1, 0.15) is 29.1 Å². The minimum Gasteiger partial charge on any atom is -0.449 e. The molecular weight excluding hydrogens is 270 g/mol. The number of hydrogen-bond donors (Lipinski definition) is 1. The molecular formula is C15H13N3O3. The summed E-state index contributed by atoms with van der Waals surface area (Å²) in [6, 6.07) is 5.60. The van der Waals surface area contributed by atoms with Gasteiger partial charge in [0.2, 0.25) is 0 Å². The van der Waals surface area contributed by atoms with Gasteiger partial charge in [-0.15, -0.1) is 0 Å². The molecule has 21 heavy (non-hydrogen) atoms. The van der Waals surface area contributed by atoms with Crippen LogP contribution in [0.3, 0.4) is 0 Å². The summed E-state index contributed by atoms with van der Waals surface area (Å²) < 4.78 is 10.5. The van der Waals surface area contributed by atoms with E-state index in [-0.39, 0.29) is 5.91 Å². The van der Waals surface area contributed by atoms with Crippen molar-refractivity contribution in [1.82, 2.24) is 15.5 Å². The molecule has 1 N–H and O–H groups in total. The average molecular weight is 283 g/mol. The van der Waals surface area contributed by atoms with E-state index in [2.05, 4.69) is 15.5 Å². The Bertz CT molecular complexity index is 830. The van der Waals surface area contributed by atoms with Gasteiger partial charge in [0, 0.05) is 18.5 Å². The fourth-order valence-electron chi connectivity index (χ4n) is 2.23. The number of fused-ring (bicyclic) bond motifs is 1. The Balaban J connectivity index is 1.76. The molecule has 0 aliphatic heterocycles. The maximum atomic E-state index is 12.1. The third-order valence-electron chi connectivity index (χ3n) is 3.51. The van der Waals surface area contributed by atoms with Crippen molar-refractivity contribution in [3.05, 3.63) is 35.9 Å². The van der Waals surface area contributed by atoms with Crippen LogP contribution in [-0.4, -0.2) is 22.1 Å². The monoisotopic (exact) mass is 283 g/mol. The van der Waals surface area contributed by atoms with E-state index in [1.54, 1.807) is 25.1 Å². The van der Waals surface area contributed by atoms with Gasteiger partial charge >= 0.3 is 0 Å². The topological polar surface area (TPSA) is 81.2 Å². The highest BCUT2D eigenvalue weighted by Crippen LogP contribution is 2.28. The van der Waals surface area contributed by atoms with Gasteiger partial charge in [-0.2, -0.15) is 0 Å². The first kappa shape index (κ1) is 12.1. The molecule has 0 bridgehead atoms. The molecule has 2 heterocycles. The first-order chi connectivity index (χ1) is 10.2. The lowest BCUT2D eigenvalue weighted by Gasteiger charge is -2.02. The van der Waals surface area contributed by atoms with Crippen molar-refractivity contribution in [1.29, 1.82) is 0 Å². The van der Waals surface area contributed by atoms with Crippen LogP contribution in [0.15, 0.2) is 33.4 Å². The number of aromatic nitrogens is 2. The zero-order chi connectivity index (χ0) is 14.4. The number of nitrogens with zero attached hydrogens (tertiary/aromatic N) is 2. The van der Waals surface area contributed by atoms with E-state index >= 15 is 0 Å². The molecule has 2 aromatic heterocycles. The van der Waals surface area contributed by atoms with Gasteiger partial charge in [0.05, 0.1) is 5.39 Å². The lowest BCUT2D eigenvalue weighted by molar-refractivity contribution is 0.0951. The molecule has 6 nitrogen and oxygen atoms in total. The van der Waals surface area contributed by atoms with E-state index < -0.39 is 0 Å². The predicted molar refractivity (Wildman–Crippen MR) is 74.7 cm³/mol. The minimum atomic E-state index is -0.0668. The summed E-state index contributed by atoms with van der Waals surface area (Å²) >= 11 is 0. The molecule has 0 saturated heterocycles. The Morgan fingerprint density at radius 1 is 1.38 bits per heavy atom. The zero-order valence-corrected chi connectivity index (χ0v) is 11.4. The summed E-state index contributed by atoms with van der Waals surface area (Å²) in [6.45, 7) is 1.76. The van der Waals surface area contributed by atoms with Crippen LogP contribution in [0, 0.1) is 6.92 Å². The second-order valence-corrected chi connectivity index (χ2v) is 5.24. The highest BCUT2D eigenvalue weighted by molar-refractivity contribution is 6.00. The van der Waals surface area contributed by atoms with Gasteiger partial charge in [-0.25, -0.2) is 4.98 Å². The summed E-state index contributed by atoms with van der Waals surface area (Å²) in [5.74, 6) is 0.492. The number of carbonyl (C=O) groups excluding carboxylic acids is 1. The molecule has 1 saturated carbocycles. The van der Waals surface area contributed by atoms with Crippen LogP contribution >= 0.6 is 0 Å². The Morgan fingerprint density at radius 2 is 2.24 bits per heavy atom. The summed E-state index contributed by atoms with van der Waals surface area (Å²) in [7, 11) is 0. The highest BCUT2D eigenvalue weighted by Gasteiger charge is 2.24. The van der Waals surface area contributed by atoms with Gasteiger partial charge in [0.1, 0.15) is 17.7 Å². The van der Waals surface area contributed by atoms with Crippen LogP contribution in [0.25, 0.3) is 22.4 Å². The van der Waals surface area contributed by atoms with Crippen molar-refractivity contribution in [3.8, 4) is 11.4 Å². The van der Waals surface area contributed by atoms with E-state index in [1.165, 1.54) is 6.26 Å². The molecule has 0 unspecified atom stereocenters. The van der Waals surface area contributed by atoms with Gasteiger partial charge in [-0.1, -0.05) is 5.16 Å². The first-order valence-electron chi connectivity index (χ1n) is 6.83. The fraction of sp³-hybridized carbons (Fsp3) is 0.267. The van der Waals surface area contributed by atoms with Crippen LogP contribution in [-0.2, 0) is 0 Å². The van der Waals surface area contributed by atoms with E-state index in [9.17, 15) is 4.79 Å². The molecule has 6 heteroatoms. The van der Waals surface area contributed by atoms with Gasteiger partial charge in [-0.3, -0.25) is 4.79 Å². The highest BCUT2D eigenvalue weighted by atomic mass is 16.5. The fourth-order valence-corrected chi connectivity index (χ4v) is 2.23. The number of benzene rings is 1. The van der Waals surface area contributed by atoms with Crippen LogP contribution in [0.2, 0.25) is 0 Å². The molecule has 3 aromatic rings. The molecule has 1 aromatic carbocycles. The van der Waals surface area contributed by atoms with Crippen molar-refractivity contribution in [2.45, 2.75) is 25.8 Å². The first-order valence-corrected chi connectivity index (χ1v) is 6.83. The number of hydrogen-bond acceptors (Lipinski definition) is 5. The van der Waals surface area contributed by atoms with Crippen molar-refractivity contribution >= 4 is 16.9 Å².